The summed E-state index contributed by atoms with van der Waals surface area (Å²) >= 11 is 0. The van der Waals surface area contributed by atoms with E-state index in [2.05, 4.69) is 47.5 Å². The van der Waals surface area contributed by atoms with Gasteiger partial charge in [-0.3, -0.25) is 4.79 Å². The van der Waals surface area contributed by atoms with Gasteiger partial charge in [-0.2, -0.15) is 0 Å². The van der Waals surface area contributed by atoms with Crippen molar-refractivity contribution >= 4 is 18.3 Å². The molecule has 0 aliphatic carbocycles. The fourth-order valence-electron chi connectivity index (χ4n) is 4.19. The maximum atomic E-state index is 12.6. The molecule has 1 aromatic rings. The van der Waals surface area contributed by atoms with Gasteiger partial charge in [0.05, 0.1) is 0 Å². The number of likely N-dealkylation sites (tertiary alicyclic amines) is 1. The molecule has 1 unspecified atom stereocenters. The Morgan fingerprint density at radius 1 is 1.24 bits per heavy atom. The molecule has 0 radical (unpaired) electrons. The van der Waals surface area contributed by atoms with E-state index in [1.807, 2.05) is 0 Å². The Labute approximate surface area is 159 Å². The van der Waals surface area contributed by atoms with Crippen LogP contribution < -0.4 is 5.32 Å². The zero-order valence-corrected chi connectivity index (χ0v) is 16.3. The Bertz CT molecular complexity index is 530. The van der Waals surface area contributed by atoms with Gasteiger partial charge < -0.3 is 10.2 Å². The van der Waals surface area contributed by atoms with Gasteiger partial charge in [0.2, 0.25) is 5.91 Å². The number of hydrogen-bond acceptors (Lipinski definition) is 2. The highest BCUT2D eigenvalue weighted by molar-refractivity contribution is 5.85. The lowest BCUT2D eigenvalue weighted by Crippen LogP contribution is -2.32. The summed E-state index contributed by atoms with van der Waals surface area (Å²) in [5.74, 6) is 1.14. The normalized spacial score (nSPS) is 24.1. The molecule has 3 nitrogen and oxygen atoms in total. The van der Waals surface area contributed by atoms with E-state index < -0.39 is 0 Å². The summed E-state index contributed by atoms with van der Waals surface area (Å²) in [5, 5.41) is 3.40. The van der Waals surface area contributed by atoms with E-state index in [4.69, 9.17) is 0 Å². The van der Waals surface area contributed by atoms with Crippen LogP contribution in [0, 0.1) is 11.3 Å². The van der Waals surface area contributed by atoms with Crippen LogP contribution in [-0.2, 0) is 11.2 Å². The Kier molecular flexibility index (Phi) is 7.77. The molecule has 0 aromatic heterocycles. The van der Waals surface area contributed by atoms with Crippen LogP contribution in [0.4, 0.5) is 0 Å². The summed E-state index contributed by atoms with van der Waals surface area (Å²) in [7, 11) is 0. The molecule has 2 aliphatic rings. The maximum absolute atomic E-state index is 12.6. The molecule has 0 bridgehead atoms. The molecule has 2 saturated heterocycles. The summed E-state index contributed by atoms with van der Waals surface area (Å²) in [5.41, 5.74) is 1.70. The minimum atomic E-state index is 0. The first-order valence-electron chi connectivity index (χ1n) is 9.67. The average molecular weight is 365 g/mol. The van der Waals surface area contributed by atoms with Crippen LogP contribution in [0.25, 0.3) is 0 Å². The zero-order chi connectivity index (χ0) is 16.8. The molecule has 0 saturated carbocycles. The minimum absolute atomic E-state index is 0. The van der Waals surface area contributed by atoms with E-state index in [1.165, 1.54) is 24.8 Å². The van der Waals surface area contributed by atoms with Gasteiger partial charge in [0.1, 0.15) is 0 Å². The van der Waals surface area contributed by atoms with E-state index in [-0.39, 0.29) is 12.4 Å². The lowest BCUT2D eigenvalue weighted by Gasteiger charge is -2.26. The smallest absolute Gasteiger partial charge is 0.222 e. The van der Waals surface area contributed by atoms with Gasteiger partial charge >= 0.3 is 0 Å². The number of nitrogens with one attached hydrogen (secondary N) is 1. The molecule has 1 aromatic carbocycles. The molecule has 4 heteroatoms. The van der Waals surface area contributed by atoms with Crippen LogP contribution in [0.15, 0.2) is 30.3 Å². The predicted molar refractivity (Wildman–Crippen MR) is 106 cm³/mol. The fraction of sp³-hybridized carbons (Fsp3) is 0.667. The number of halogens is 1. The largest absolute Gasteiger partial charge is 0.342 e. The van der Waals surface area contributed by atoms with Gasteiger partial charge in [0.25, 0.3) is 0 Å². The molecule has 2 heterocycles. The van der Waals surface area contributed by atoms with Gasteiger partial charge in [-0.15, -0.1) is 12.4 Å². The third kappa shape index (κ3) is 6.00. The van der Waals surface area contributed by atoms with Gasteiger partial charge in [0.15, 0.2) is 0 Å². The number of carbonyl (C=O) groups is 1. The molecule has 2 fully saturated rings. The summed E-state index contributed by atoms with van der Waals surface area (Å²) in [6, 6.07) is 10.7. The number of piperidine rings is 1. The molecular formula is C21H33ClN2O. The van der Waals surface area contributed by atoms with Crippen molar-refractivity contribution in [2.24, 2.45) is 11.3 Å². The van der Waals surface area contributed by atoms with Crippen LogP contribution in [0.1, 0.15) is 51.0 Å². The average Bonchev–Trinajstić information content (AvgIpc) is 3.03. The summed E-state index contributed by atoms with van der Waals surface area (Å²) in [4.78, 5) is 14.7. The summed E-state index contributed by atoms with van der Waals surface area (Å²) in [6.07, 6.45) is 7.75. The van der Waals surface area contributed by atoms with E-state index in [0.717, 1.165) is 57.8 Å². The highest BCUT2D eigenvalue weighted by atomic mass is 35.5. The number of hydrogen-bond donors (Lipinski definition) is 1. The van der Waals surface area contributed by atoms with Gasteiger partial charge in [0, 0.05) is 19.5 Å². The molecule has 1 atom stereocenters. The quantitative estimate of drug-likeness (QED) is 0.825. The first-order valence-corrected chi connectivity index (χ1v) is 9.67. The predicted octanol–water partition coefficient (Wildman–Crippen LogP) is 4.06. The van der Waals surface area contributed by atoms with Gasteiger partial charge in [-0.05, 0) is 68.5 Å². The summed E-state index contributed by atoms with van der Waals surface area (Å²) in [6.45, 7) is 6.51. The third-order valence-corrected chi connectivity index (χ3v) is 6.00. The van der Waals surface area contributed by atoms with Crippen molar-refractivity contribution in [3.8, 4) is 0 Å². The van der Waals surface area contributed by atoms with Crippen molar-refractivity contribution in [3.63, 3.8) is 0 Å². The number of benzene rings is 1. The number of aryl methyl sites for hydroxylation is 1. The SMILES string of the molecule is CC1(CCc2ccccc2)CCN(C(=O)CCC2CCNCC2)C1.Cl. The Morgan fingerprint density at radius 3 is 2.68 bits per heavy atom. The van der Waals surface area contributed by atoms with Crippen LogP contribution in [0.3, 0.4) is 0 Å². The first kappa shape index (κ1) is 20.3. The van der Waals surface area contributed by atoms with Gasteiger partial charge in [-0.25, -0.2) is 0 Å². The maximum Gasteiger partial charge on any atom is 0.222 e. The second-order valence-electron chi connectivity index (χ2n) is 8.09. The summed E-state index contributed by atoms with van der Waals surface area (Å²) < 4.78 is 0. The number of nitrogens with zero attached hydrogens (tertiary/aromatic N) is 1. The van der Waals surface area contributed by atoms with E-state index in [9.17, 15) is 4.79 Å². The van der Waals surface area contributed by atoms with Gasteiger partial charge in [-0.1, -0.05) is 37.3 Å². The van der Waals surface area contributed by atoms with Crippen molar-refractivity contribution < 1.29 is 4.79 Å². The molecule has 1 N–H and O–H groups in total. The topological polar surface area (TPSA) is 32.3 Å². The second kappa shape index (κ2) is 9.59. The van der Waals surface area contributed by atoms with Crippen LogP contribution in [-0.4, -0.2) is 37.0 Å². The zero-order valence-electron chi connectivity index (χ0n) is 15.5. The van der Waals surface area contributed by atoms with E-state index in [0.29, 0.717) is 11.3 Å². The third-order valence-electron chi connectivity index (χ3n) is 6.00. The Balaban J connectivity index is 0.00000225. The molecule has 140 valence electrons. The Morgan fingerprint density at radius 2 is 1.96 bits per heavy atom. The van der Waals surface area contributed by atoms with Crippen molar-refractivity contribution in [2.45, 2.75) is 51.9 Å². The highest BCUT2D eigenvalue weighted by Gasteiger charge is 2.35. The standard InChI is InChI=1S/C21H32N2O.ClH/c1-21(12-9-18-5-3-2-4-6-18)13-16-23(17-21)20(24)8-7-19-10-14-22-15-11-19;/h2-6,19,22H,7-17H2,1H3;1H. The minimum Gasteiger partial charge on any atom is -0.342 e. The van der Waals surface area contributed by atoms with Crippen LogP contribution in [0.2, 0.25) is 0 Å². The molecule has 3 rings (SSSR count). The monoisotopic (exact) mass is 364 g/mol. The highest BCUT2D eigenvalue weighted by Crippen LogP contribution is 2.35. The lowest BCUT2D eigenvalue weighted by molar-refractivity contribution is -0.130. The lowest BCUT2D eigenvalue weighted by atomic mass is 9.83. The van der Waals surface area contributed by atoms with E-state index >= 15 is 0 Å². The molecular weight excluding hydrogens is 332 g/mol. The van der Waals surface area contributed by atoms with E-state index in [1.54, 1.807) is 0 Å². The molecule has 25 heavy (non-hydrogen) atoms. The van der Waals surface area contributed by atoms with Crippen LogP contribution >= 0.6 is 12.4 Å². The van der Waals surface area contributed by atoms with Crippen molar-refractivity contribution in [1.82, 2.24) is 10.2 Å². The Hall–Kier alpha value is -1.06. The first-order chi connectivity index (χ1) is 11.6. The van der Waals surface area contributed by atoms with Crippen molar-refractivity contribution in [1.29, 1.82) is 0 Å². The fourth-order valence-corrected chi connectivity index (χ4v) is 4.19. The number of amides is 1. The number of rotatable bonds is 6. The van der Waals surface area contributed by atoms with Crippen molar-refractivity contribution in [2.75, 3.05) is 26.2 Å². The van der Waals surface area contributed by atoms with Crippen molar-refractivity contribution in [3.05, 3.63) is 35.9 Å². The van der Waals surface area contributed by atoms with Crippen LogP contribution in [0.5, 0.6) is 0 Å². The molecule has 0 spiro atoms. The number of carbonyl (C=O) groups excluding carboxylic acids is 1. The molecule has 1 amide bonds. The molecule has 2 aliphatic heterocycles. The second-order valence-corrected chi connectivity index (χ2v) is 8.09.